The van der Waals surface area contributed by atoms with Crippen LogP contribution in [0.4, 0.5) is 8.78 Å². The number of hydrogen-bond donors (Lipinski definition) is 2. The molecule has 0 aliphatic carbocycles. The van der Waals surface area contributed by atoms with E-state index in [1.165, 1.54) is 18.2 Å². The van der Waals surface area contributed by atoms with Gasteiger partial charge in [0.15, 0.2) is 0 Å². The average molecular weight is 575 g/mol. The Kier molecular flexibility index (Phi) is 8.91. The molecule has 2 aromatic carbocycles. The van der Waals surface area contributed by atoms with Crippen LogP contribution < -0.4 is 5.32 Å². The Hall–Kier alpha value is -4.18. The maximum atomic E-state index is 14.6. The number of likely N-dealkylation sites (N-methyl/N-ethyl adjacent to an activating group) is 1. The summed E-state index contributed by atoms with van der Waals surface area (Å²) in [5, 5.41) is 11.4. The van der Waals surface area contributed by atoms with Crippen LogP contribution in [0.15, 0.2) is 54.7 Å². The van der Waals surface area contributed by atoms with Gasteiger partial charge in [-0.15, -0.1) is 0 Å². The second-order valence-electron chi connectivity index (χ2n) is 10.8. The number of benzene rings is 2. The van der Waals surface area contributed by atoms with Gasteiger partial charge in [-0.25, -0.2) is 8.78 Å². The highest BCUT2D eigenvalue weighted by atomic mass is 19.1. The number of aromatic amines is 1. The maximum Gasteiger partial charge on any atom is 0.251 e. The van der Waals surface area contributed by atoms with Crippen molar-refractivity contribution in [3.05, 3.63) is 83.2 Å². The molecule has 0 bridgehead atoms. The molecule has 3 heterocycles. The van der Waals surface area contributed by atoms with Crippen LogP contribution in [-0.2, 0) is 11.3 Å². The molecule has 1 saturated heterocycles. The molecule has 2 N–H and O–H groups in total. The van der Waals surface area contributed by atoms with Gasteiger partial charge in [0.25, 0.3) is 5.91 Å². The van der Waals surface area contributed by atoms with Gasteiger partial charge in [-0.05, 0) is 75.6 Å². The fourth-order valence-corrected chi connectivity index (χ4v) is 5.74. The zero-order valence-corrected chi connectivity index (χ0v) is 24.2. The summed E-state index contributed by atoms with van der Waals surface area (Å²) in [5.74, 6) is -1.61. The highest BCUT2D eigenvalue weighted by molar-refractivity contribution is 6.01. The molecule has 220 valence electrons. The molecular formula is C32H36F2N6O2. The molecule has 1 fully saturated rings. The molecule has 8 nitrogen and oxygen atoms in total. The molecule has 2 unspecified atom stereocenters. The van der Waals surface area contributed by atoms with Crippen LogP contribution in [0.2, 0.25) is 0 Å². The Bertz CT molecular complexity index is 1570. The highest BCUT2D eigenvalue weighted by Crippen LogP contribution is 2.28. The zero-order valence-electron chi connectivity index (χ0n) is 24.2. The van der Waals surface area contributed by atoms with Crippen LogP contribution in [0.5, 0.6) is 0 Å². The quantitative estimate of drug-likeness (QED) is 0.286. The Labute approximate surface area is 244 Å². The monoisotopic (exact) mass is 574 g/mol. The molecule has 42 heavy (non-hydrogen) atoms. The van der Waals surface area contributed by atoms with E-state index in [1.54, 1.807) is 22.1 Å². The molecule has 2 aromatic heterocycles. The lowest BCUT2D eigenvalue weighted by molar-refractivity contribution is -0.138. The van der Waals surface area contributed by atoms with Crippen molar-refractivity contribution in [3.8, 4) is 11.3 Å². The van der Waals surface area contributed by atoms with Crippen molar-refractivity contribution >= 4 is 22.7 Å². The number of likely N-dealkylation sites (tertiary alicyclic amines) is 1. The van der Waals surface area contributed by atoms with E-state index in [1.807, 2.05) is 45.0 Å². The molecule has 5 rings (SSSR count). The second-order valence-corrected chi connectivity index (χ2v) is 10.8. The summed E-state index contributed by atoms with van der Waals surface area (Å²) in [7, 11) is 0. The number of H-pyrrole nitrogens is 1. The van der Waals surface area contributed by atoms with Crippen LogP contribution in [0.3, 0.4) is 0 Å². The molecule has 0 saturated carbocycles. The van der Waals surface area contributed by atoms with Crippen LogP contribution >= 0.6 is 0 Å². The fourth-order valence-electron chi connectivity index (χ4n) is 5.74. The Morgan fingerprint density at radius 2 is 1.88 bits per heavy atom. The maximum absolute atomic E-state index is 14.6. The van der Waals surface area contributed by atoms with Gasteiger partial charge >= 0.3 is 0 Å². The molecule has 0 spiro atoms. The molecule has 1 aliphatic heterocycles. The normalized spacial score (nSPS) is 17.4. The van der Waals surface area contributed by atoms with Crippen molar-refractivity contribution in [1.82, 2.24) is 30.3 Å². The number of aromatic nitrogens is 3. The Balaban J connectivity index is 1.37. The summed E-state index contributed by atoms with van der Waals surface area (Å²) in [6, 6.07) is 12.1. The number of piperidine rings is 1. The number of pyridine rings is 1. The number of carbonyl (C=O) groups is 2. The second kappa shape index (κ2) is 12.8. The van der Waals surface area contributed by atoms with Gasteiger partial charge in [0.05, 0.1) is 11.6 Å². The van der Waals surface area contributed by atoms with E-state index in [2.05, 4.69) is 20.5 Å². The number of hydrogen-bond acceptors (Lipinski definition) is 5. The number of aryl methyl sites for hydroxylation is 1. The number of rotatable bonds is 9. The van der Waals surface area contributed by atoms with E-state index in [4.69, 9.17) is 0 Å². The van der Waals surface area contributed by atoms with E-state index in [0.29, 0.717) is 31.5 Å². The van der Waals surface area contributed by atoms with Gasteiger partial charge in [-0.1, -0.05) is 13.0 Å². The minimum atomic E-state index is -0.651. The van der Waals surface area contributed by atoms with E-state index >= 15 is 0 Å². The Morgan fingerprint density at radius 1 is 1.10 bits per heavy atom. The van der Waals surface area contributed by atoms with Gasteiger partial charge in [0.2, 0.25) is 5.91 Å². The summed E-state index contributed by atoms with van der Waals surface area (Å²) in [4.78, 5) is 34.8. The van der Waals surface area contributed by atoms with Crippen molar-refractivity contribution in [2.24, 2.45) is 0 Å². The minimum absolute atomic E-state index is 0.0508. The number of carbonyl (C=O) groups excluding carboxylic acids is 2. The predicted molar refractivity (Wildman–Crippen MR) is 158 cm³/mol. The third-order valence-corrected chi connectivity index (χ3v) is 7.91. The van der Waals surface area contributed by atoms with Crippen molar-refractivity contribution < 1.29 is 18.4 Å². The molecule has 10 heteroatoms. The van der Waals surface area contributed by atoms with Crippen LogP contribution in [0.25, 0.3) is 22.2 Å². The zero-order chi connectivity index (χ0) is 29.8. The van der Waals surface area contributed by atoms with E-state index in [-0.39, 0.29) is 36.5 Å². The lowest BCUT2D eigenvalue weighted by atomic mass is 9.95. The molecule has 4 aromatic rings. The first-order valence-electron chi connectivity index (χ1n) is 14.5. The third-order valence-electron chi connectivity index (χ3n) is 7.91. The first-order chi connectivity index (χ1) is 20.3. The van der Waals surface area contributed by atoms with E-state index < -0.39 is 17.7 Å². The lowest BCUT2D eigenvalue weighted by Crippen LogP contribution is -2.57. The number of amides is 2. The van der Waals surface area contributed by atoms with Gasteiger partial charge in [-0.3, -0.25) is 24.6 Å². The van der Waals surface area contributed by atoms with Crippen LogP contribution in [-0.4, -0.2) is 68.5 Å². The standard InChI is InChI=1S/C32H36F2N6O2/c1-4-15-39(5-2)32(42)29-12-10-23(18-40(29)19-25-26(33)7-6-8-27(25)34)36-31(41)22-9-11-28-24(17-22)30(38-37-28)21-13-14-35-20(3)16-21/h6-9,11,13-14,16-17,23,29H,4-5,10,12,15,18-19H2,1-3H3,(H,36,41)(H,37,38). The Morgan fingerprint density at radius 3 is 2.60 bits per heavy atom. The van der Waals surface area contributed by atoms with Gasteiger partial charge in [0.1, 0.15) is 17.3 Å². The lowest BCUT2D eigenvalue weighted by Gasteiger charge is -2.41. The number of fused-ring (bicyclic) bond motifs is 1. The number of nitrogens with zero attached hydrogens (tertiary/aromatic N) is 4. The summed E-state index contributed by atoms with van der Waals surface area (Å²) in [6.07, 6.45) is 3.57. The molecular weight excluding hydrogens is 538 g/mol. The number of halogens is 2. The summed E-state index contributed by atoms with van der Waals surface area (Å²) >= 11 is 0. The SMILES string of the molecule is CCCN(CC)C(=O)C1CCC(NC(=O)c2ccc3[nH]nc(-c4ccnc(C)c4)c3c2)CN1Cc1c(F)cccc1F. The molecule has 0 radical (unpaired) electrons. The largest absolute Gasteiger partial charge is 0.348 e. The first-order valence-corrected chi connectivity index (χ1v) is 14.5. The fraction of sp³-hybridized carbons (Fsp3) is 0.375. The predicted octanol–water partition coefficient (Wildman–Crippen LogP) is 5.23. The third kappa shape index (κ3) is 6.18. The van der Waals surface area contributed by atoms with Gasteiger partial charge < -0.3 is 10.2 Å². The minimum Gasteiger partial charge on any atom is -0.348 e. The van der Waals surface area contributed by atoms with Gasteiger partial charge in [-0.2, -0.15) is 5.10 Å². The van der Waals surface area contributed by atoms with Crippen molar-refractivity contribution in [1.29, 1.82) is 0 Å². The smallest absolute Gasteiger partial charge is 0.251 e. The average Bonchev–Trinajstić information content (AvgIpc) is 3.41. The first kappa shape index (κ1) is 29.3. The molecule has 1 aliphatic rings. The van der Waals surface area contributed by atoms with Crippen molar-refractivity contribution in [3.63, 3.8) is 0 Å². The van der Waals surface area contributed by atoms with E-state index in [0.717, 1.165) is 34.3 Å². The summed E-state index contributed by atoms with van der Waals surface area (Å²) in [6.45, 7) is 7.24. The van der Waals surface area contributed by atoms with Crippen molar-refractivity contribution in [2.45, 2.75) is 58.7 Å². The summed E-state index contributed by atoms with van der Waals surface area (Å²) in [5.41, 5.74) is 3.69. The summed E-state index contributed by atoms with van der Waals surface area (Å²) < 4.78 is 29.3. The molecule has 2 amide bonds. The van der Waals surface area contributed by atoms with Crippen molar-refractivity contribution in [2.75, 3.05) is 19.6 Å². The number of nitrogens with one attached hydrogen (secondary N) is 2. The molecule has 2 atom stereocenters. The highest BCUT2D eigenvalue weighted by Gasteiger charge is 2.36. The van der Waals surface area contributed by atoms with E-state index in [9.17, 15) is 18.4 Å². The van der Waals surface area contributed by atoms with Gasteiger partial charge in [0, 0.05) is 66.2 Å². The van der Waals surface area contributed by atoms with Crippen LogP contribution in [0.1, 0.15) is 54.7 Å². The van der Waals surface area contributed by atoms with Crippen LogP contribution in [0, 0.1) is 18.6 Å². The topological polar surface area (TPSA) is 94.2 Å².